The lowest BCUT2D eigenvalue weighted by Crippen LogP contribution is -2.29. The van der Waals surface area contributed by atoms with Crippen molar-refractivity contribution >= 4 is 33.1 Å². The van der Waals surface area contributed by atoms with Gasteiger partial charge in [0.05, 0.1) is 11.4 Å². The highest BCUT2D eigenvalue weighted by Crippen LogP contribution is 2.24. The molecule has 1 N–H and O–H groups in total. The lowest BCUT2D eigenvalue weighted by molar-refractivity contribution is -0.117. The number of benzene rings is 2. The van der Waals surface area contributed by atoms with E-state index >= 15 is 0 Å². The molecule has 7 nitrogen and oxygen atoms in total. The van der Waals surface area contributed by atoms with Gasteiger partial charge in [0.15, 0.2) is 5.13 Å². The van der Waals surface area contributed by atoms with Gasteiger partial charge < -0.3 is 5.32 Å². The smallest absolute Gasteiger partial charge is 0.267 e. The van der Waals surface area contributed by atoms with Crippen molar-refractivity contribution in [2.75, 3.05) is 5.32 Å². The average molecular weight is 440 g/mol. The van der Waals surface area contributed by atoms with Gasteiger partial charge >= 0.3 is 0 Å². The first-order valence-corrected chi connectivity index (χ1v) is 10.8. The van der Waals surface area contributed by atoms with E-state index < -0.39 is 0 Å². The number of fused-ring (bicyclic) bond motifs is 1. The maximum Gasteiger partial charge on any atom is 0.267 e. The van der Waals surface area contributed by atoms with Crippen molar-refractivity contribution in [2.24, 2.45) is 0 Å². The predicted molar refractivity (Wildman–Crippen MR) is 125 cm³/mol. The fourth-order valence-electron chi connectivity index (χ4n) is 3.34. The quantitative estimate of drug-likeness (QED) is 0.443. The van der Waals surface area contributed by atoms with Crippen LogP contribution in [0.2, 0.25) is 0 Å². The van der Waals surface area contributed by atoms with Crippen LogP contribution in [-0.4, -0.2) is 25.7 Å². The second-order valence-corrected chi connectivity index (χ2v) is 7.96. The van der Waals surface area contributed by atoms with Crippen molar-refractivity contribution in [3.05, 3.63) is 94.9 Å². The minimum absolute atomic E-state index is 0.206. The average Bonchev–Trinajstić information content (AvgIpc) is 3.29. The highest BCUT2D eigenvalue weighted by Gasteiger charge is 2.11. The third-order valence-electron chi connectivity index (χ3n) is 4.91. The number of hydrogen-bond donors (Lipinski definition) is 1. The third-order valence-corrected chi connectivity index (χ3v) is 5.67. The van der Waals surface area contributed by atoms with Crippen LogP contribution in [0.25, 0.3) is 33.3 Å². The summed E-state index contributed by atoms with van der Waals surface area (Å²) in [6.07, 6.45) is 3.40. The Morgan fingerprint density at radius 1 is 0.938 bits per heavy atom. The van der Waals surface area contributed by atoms with Crippen molar-refractivity contribution in [3.8, 4) is 22.5 Å². The van der Waals surface area contributed by atoms with Crippen LogP contribution in [0.15, 0.2) is 89.3 Å². The molecule has 8 heteroatoms. The lowest BCUT2D eigenvalue weighted by Gasteiger charge is -2.08. The largest absolute Gasteiger partial charge is 0.300 e. The molecule has 5 aromatic rings. The Morgan fingerprint density at radius 3 is 2.66 bits per heavy atom. The number of amides is 1. The van der Waals surface area contributed by atoms with Crippen molar-refractivity contribution < 1.29 is 4.79 Å². The molecule has 156 valence electrons. The summed E-state index contributed by atoms with van der Waals surface area (Å²) in [6.45, 7) is -0.206. The zero-order valence-electron chi connectivity index (χ0n) is 16.8. The van der Waals surface area contributed by atoms with Crippen LogP contribution >= 0.6 is 11.3 Å². The van der Waals surface area contributed by atoms with Gasteiger partial charge in [0, 0.05) is 35.0 Å². The molecular weight excluding hydrogens is 422 g/mol. The zero-order valence-corrected chi connectivity index (χ0v) is 17.6. The van der Waals surface area contributed by atoms with E-state index in [4.69, 9.17) is 0 Å². The summed E-state index contributed by atoms with van der Waals surface area (Å²) in [5.41, 5.74) is 2.74. The van der Waals surface area contributed by atoms with Crippen LogP contribution in [-0.2, 0) is 11.3 Å². The van der Waals surface area contributed by atoms with Crippen LogP contribution < -0.4 is 10.9 Å². The molecule has 0 aliphatic rings. The zero-order chi connectivity index (χ0) is 21.9. The molecule has 0 saturated carbocycles. The minimum Gasteiger partial charge on any atom is -0.300 e. The molecule has 0 radical (unpaired) electrons. The predicted octanol–water partition coefficient (Wildman–Crippen LogP) is 4.22. The number of nitrogens with zero attached hydrogens (tertiary/aromatic N) is 4. The first-order valence-electron chi connectivity index (χ1n) is 9.89. The summed E-state index contributed by atoms with van der Waals surface area (Å²) in [5, 5.41) is 11.6. The number of carbonyl (C=O) groups is 1. The number of carbonyl (C=O) groups excluding carboxylic acids is 1. The number of aromatic nitrogens is 4. The Bertz CT molecular complexity index is 1480. The summed E-state index contributed by atoms with van der Waals surface area (Å²) in [5.74, 6) is -0.373. The molecule has 3 aromatic heterocycles. The molecule has 0 aliphatic carbocycles. The highest BCUT2D eigenvalue weighted by atomic mass is 32.1. The highest BCUT2D eigenvalue weighted by molar-refractivity contribution is 7.14. The second kappa shape index (κ2) is 8.52. The summed E-state index contributed by atoms with van der Waals surface area (Å²) in [4.78, 5) is 33.3. The number of thiazole rings is 1. The molecule has 3 heterocycles. The van der Waals surface area contributed by atoms with Crippen LogP contribution in [0.4, 0.5) is 5.13 Å². The Morgan fingerprint density at radius 2 is 1.81 bits per heavy atom. The van der Waals surface area contributed by atoms with Gasteiger partial charge in [-0.25, -0.2) is 9.67 Å². The first kappa shape index (κ1) is 19.8. The molecule has 0 atom stereocenters. The summed E-state index contributed by atoms with van der Waals surface area (Å²) in [6, 6.07) is 20.8. The van der Waals surface area contributed by atoms with Crippen LogP contribution in [0, 0.1) is 0 Å². The summed E-state index contributed by atoms with van der Waals surface area (Å²) < 4.78 is 1.16. The van der Waals surface area contributed by atoms with Crippen LogP contribution in [0.3, 0.4) is 0 Å². The Balaban J connectivity index is 1.34. The minimum atomic E-state index is -0.373. The molecule has 2 aromatic carbocycles. The molecule has 0 spiro atoms. The van der Waals surface area contributed by atoms with Crippen LogP contribution in [0.1, 0.15) is 0 Å². The molecule has 0 saturated heterocycles. The molecular formula is C24H17N5O2S. The molecule has 0 bridgehead atoms. The van der Waals surface area contributed by atoms with E-state index in [1.807, 2.05) is 60.0 Å². The van der Waals surface area contributed by atoms with Crippen LogP contribution in [0.5, 0.6) is 0 Å². The topological polar surface area (TPSA) is 89.8 Å². The van der Waals surface area contributed by atoms with E-state index in [-0.39, 0.29) is 18.0 Å². The number of pyridine rings is 1. The van der Waals surface area contributed by atoms with Crippen molar-refractivity contribution in [1.29, 1.82) is 0 Å². The monoisotopic (exact) mass is 439 g/mol. The fraction of sp³-hybridized carbons (Fsp3) is 0.0417. The van der Waals surface area contributed by atoms with E-state index in [0.717, 1.165) is 32.3 Å². The van der Waals surface area contributed by atoms with Gasteiger partial charge in [-0.2, -0.15) is 5.10 Å². The van der Waals surface area contributed by atoms with E-state index in [1.54, 1.807) is 18.5 Å². The van der Waals surface area contributed by atoms with Gasteiger partial charge in [0.1, 0.15) is 6.54 Å². The Labute approximate surface area is 187 Å². The van der Waals surface area contributed by atoms with Gasteiger partial charge in [0.2, 0.25) is 5.91 Å². The molecule has 5 rings (SSSR count). The molecule has 0 fully saturated rings. The van der Waals surface area contributed by atoms with E-state index in [1.165, 1.54) is 17.4 Å². The van der Waals surface area contributed by atoms with Gasteiger partial charge in [-0.15, -0.1) is 11.3 Å². The number of anilines is 1. The van der Waals surface area contributed by atoms with E-state index in [0.29, 0.717) is 10.8 Å². The van der Waals surface area contributed by atoms with Gasteiger partial charge in [0.25, 0.3) is 5.56 Å². The Hall–Kier alpha value is -4.17. The maximum absolute atomic E-state index is 12.5. The standard InChI is InChI=1S/C24H17N5O2S/c30-22(27-24-26-21(15-32-24)19-6-3-11-25-13-19)14-29-23(31)10-9-20(28-29)18-8-7-16-4-1-2-5-17(16)12-18/h1-13,15H,14H2,(H,26,27,30). The van der Waals surface area contributed by atoms with Gasteiger partial charge in [-0.05, 0) is 35.0 Å². The second-order valence-electron chi connectivity index (χ2n) is 7.10. The van der Waals surface area contributed by atoms with E-state index in [2.05, 4.69) is 20.4 Å². The third kappa shape index (κ3) is 4.17. The lowest BCUT2D eigenvalue weighted by atomic mass is 10.1. The van der Waals surface area contributed by atoms with Crippen molar-refractivity contribution in [3.63, 3.8) is 0 Å². The molecule has 0 aliphatic heterocycles. The normalized spacial score (nSPS) is 10.9. The molecule has 0 unspecified atom stereocenters. The first-order chi connectivity index (χ1) is 15.7. The molecule has 1 amide bonds. The number of rotatable bonds is 5. The number of nitrogens with one attached hydrogen (secondary N) is 1. The Kier molecular flexibility index (Phi) is 5.27. The molecule has 32 heavy (non-hydrogen) atoms. The van der Waals surface area contributed by atoms with Crippen molar-refractivity contribution in [2.45, 2.75) is 6.54 Å². The SMILES string of the molecule is O=C(Cn1nc(-c2ccc3ccccc3c2)ccc1=O)Nc1nc(-c2cccnc2)cs1. The summed E-state index contributed by atoms with van der Waals surface area (Å²) in [7, 11) is 0. The maximum atomic E-state index is 12.5. The van der Waals surface area contributed by atoms with Gasteiger partial charge in [-0.3, -0.25) is 14.6 Å². The van der Waals surface area contributed by atoms with E-state index in [9.17, 15) is 9.59 Å². The van der Waals surface area contributed by atoms with Gasteiger partial charge in [-0.1, -0.05) is 36.4 Å². The van der Waals surface area contributed by atoms with Crippen molar-refractivity contribution in [1.82, 2.24) is 19.7 Å². The summed E-state index contributed by atoms with van der Waals surface area (Å²) >= 11 is 1.31. The fourth-order valence-corrected chi connectivity index (χ4v) is 4.07. The number of hydrogen-bond acceptors (Lipinski definition) is 6.